The average Bonchev–Trinajstić information content (AvgIpc) is 3.16. The number of carbonyl (C=O) groups excluding carboxylic acids is 2. The lowest BCUT2D eigenvalue weighted by atomic mass is 9.95. The van der Waals surface area contributed by atoms with Gasteiger partial charge in [-0.3, -0.25) is 9.59 Å². The second-order valence-electron chi connectivity index (χ2n) is 6.43. The topological polar surface area (TPSA) is 58.2 Å². The lowest BCUT2D eigenvalue weighted by Gasteiger charge is -2.21. The Hall–Kier alpha value is -1.84. The standard InChI is InChI=1S/C16H22N2O2/c1-15(2,3)18-13(19)11-17-14(20)16(9-10-16)12-7-5-4-6-8-12/h4-8H,9-11H2,1-3H3,(H,17,20)(H,18,19). The molecule has 1 aliphatic carbocycles. The SMILES string of the molecule is CC(C)(C)NC(=O)CNC(=O)C1(c2ccccc2)CC1. The molecule has 1 aromatic rings. The summed E-state index contributed by atoms with van der Waals surface area (Å²) in [5, 5.41) is 5.59. The van der Waals surface area contributed by atoms with Crippen molar-refractivity contribution in [2.45, 2.75) is 44.6 Å². The van der Waals surface area contributed by atoms with Crippen LogP contribution < -0.4 is 10.6 Å². The van der Waals surface area contributed by atoms with Crippen LogP contribution in [0.2, 0.25) is 0 Å². The normalized spacial score (nSPS) is 16.4. The Morgan fingerprint density at radius 1 is 1.15 bits per heavy atom. The van der Waals surface area contributed by atoms with Crippen LogP contribution in [-0.2, 0) is 15.0 Å². The molecule has 108 valence electrons. The third-order valence-electron chi connectivity index (χ3n) is 3.43. The highest BCUT2D eigenvalue weighted by Gasteiger charge is 2.51. The number of benzene rings is 1. The number of carbonyl (C=O) groups is 2. The van der Waals surface area contributed by atoms with Gasteiger partial charge < -0.3 is 10.6 Å². The molecule has 20 heavy (non-hydrogen) atoms. The van der Waals surface area contributed by atoms with Crippen LogP contribution in [0.3, 0.4) is 0 Å². The molecule has 0 atom stereocenters. The van der Waals surface area contributed by atoms with Crippen LogP contribution in [0.5, 0.6) is 0 Å². The van der Waals surface area contributed by atoms with E-state index in [2.05, 4.69) is 10.6 Å². The minimum atomic E-state index is -0.413. The van der Waals surface area contributed by atoms with Crippen molar-refractivity contribution in [3.63, 3.8) is 0 Å². The molecule has 0 spiro atoms. The quantitative estimate of drug-likeness (QED) is 0.879. The fourth-order valence-electron chi connectivity index (χ4n) is 2.32. The molecule has 0 saturated heterocycles. The first-order valence-corrected chi connectivity index (χ1v) is 6.98. The summed E-state index contributed by atoms with van der Waals surface area (Å²) in [6, 6.07) is 9.77. The molecule has 0 heterocycles. The minimum absolute atomic E-state index is 0.0324. The van der Waals surface area contributed by atoms with Crippen molar-refractivity contribution < 1.29 is 9.59 Å². The first-order valence-electron chi connectivity index (χ1n) is 6.98. The maximum atomic E-state index is 12.3. The highest BCUT2D eigenvalue weighted by molar-refractivity contribution is 5.94. The van der Waals surface area contributed by atoms with E-state index >= 15 is 0 Å². The first-order chi connectivity index (χ1) is 9.33. The summed E-state index contributed by atoms with van der Waals surface area (Å²) < 4.78 is 0. The van der Waals surface area contributed by atoms with Gasteiger partial charge in [-0.05, 0) is 39.2 Å². The van der Waals surface area contributed by atoms with Gasteiger partial charge in [-0.25, -0.2) is 0 Å². The van der Waals surface area contributed by atoms with Crippen molar-refractivity contribution in [2.24, 2.45) is 0 Å². The van der Waals surface area contributed by atoms with E-state index in [-0.39, 0.29) is 23.9 Å². The third-order valence-corrected chi connectivity index (χ3v) is 3.43. The summed E-state index contributed by atoms with van der Waals surface area (Å²) in [6.07, 6.45) is 1.70. The van der Waals surface area contributed by atoms with E-state index in [1.165, 1.54) is 0 Å². The maximum absolute atomic E-state index is 12.3. The van der Waals surface area contributed by atoms with Crippen molar-refractivity contribution in [1.82, 2.24) is 10.6 Å². The highest BCUT2D eigenvalue weighted by Crippen LogP contribution is 2.48. The second-order valence-corrected chi connectivity index (χ2v) is 6.43. The van der Waals surface area contributed by atoms with Gasteiger partial charge in [0, 0.05) is 5.54 Å². The van der Waals surface area contributed by atoms with E-state index in [1.54, 1.807) is 0 Å². The lowest BCUT2D eigenvalue weighted by Crippen LogP contribution is -2.47. The zero-order valence-corrected chi connectivity index (χ0v) is 12.3. The second kappa shape index (κ2) is 5.27. The van der Waals surface area contributed by atoms with Gasteiger partial charge >= 0.3 is 0 Å². The van der Waals surface area contributed by atoms with E-state index in [4.69, 9.17) is 0 Å². The number of amides is 2. The van der Waals surface area contributed by atoms with Crippen LogP contribution in [-0.4, -0.2) is 23.9 Å². The molecule has 4 heteroatoms. The summed E-state index contributed by atoms with van der Waals surface area (Å²) in [6.45, 7) is 5.78. The van der Waals surface area contributed by atoms with E-state index < -0.39 is 5.41 Å². The zero-order valence-electron chi connectivity index (χ0n) is 12.3. The molecule has 1 fully saturated rings. The van der Waals surface area contributed by atoms with E-state index in [0.717, 1.165) is 18.4 Å². The van der Waals surface area contributed by atoms with Gasteiger partial charge in [-0.15, -0.1) is 0 Å². The van der Waals surface area contributed by atoms with Gasteiger partial charge in [0.15, 0.2) is 0 Å². The predicted molar refractivity (Wildman–Crippen MR) is 78.3 cm³/mol. The molecular formula is C16H22N2O2. The molecule has 2 amide bonds. The summed E-state index contributed by atoms with van der Waals surface area (Å²) in [4.78, 5) is 24.0. The van der Waals surface area contributed by atoms with Crippen molar-refractivity contribution >= 4 is 11.8 Å². The Morgan fingerprint density at radius 3 is 2.25 bits per heavy atom. The fraction of sp³-hybridized carbons (Fsp3) is 0.500. The summed E-state index contributed by atoms with van der Waals surface area (Å²) >= 11 is 0. The number of hydrogen-bond acceptors (Lipinski definition) is 2. The van der Waals surface area contributed by atoms with Crippen LogP contribution >= 0.6 is 0 Å². The number of nitrogens with one attached hydrogen (secondary N) is 2. The molecule has 1 aliphatic rings. The Bertz CT molecular complexity index is 499. The molecule has 0 aromatic heterocycles. The Balaban J connectivity index is 1.92. The van der Waals surface area contributed by atoms with E-state index in [0.29, 0.717) is 0 Å². The van der Waals surface area contributed by atoms with Crippen LogP contribution in [0.15, 0.2) is 30.3 Å². The maximum Gasteiger partial charge on any atom is 0.239 e. The van der Waals surface area contributed by atoms with Crippen molar-refractivity contribution in [2.75, 3.05) is 6.54 Å². The van der Waals surface area contributed by atoms with E-state index in [1.807, 2.05) is 51.1 Å². The Labute approximate surface area is 119 Å². The molecular weight excluding hydrogens is 252 g/mol. The molecule has 0 aliphatic heterocycles. The van der Waals surface area contributed by atoms with Crippen molar-refractivity contribution in [3.05, 3.63) is 35.9 Å². The Kier molecular flexibility index (Phi) is 3.84. The van der Waals surface area contributed by atoms with Gasteiger partial charge in [0.05, 0.1) is 12.0 Å². The van der Waals surface area contributed by atoms with E-state index in [9.17, 15) is 9.59 Å². The van der Waals surface area contributed by atoms with Crippen molar-refractivity contribution in [1.29, 1.82) is 0 Å². The molecule has 2 rings (SSSR count). The molecule has 4 nitrogen and oxygen atoms in total. The van der Waals surface area contributed by atoms with Gasteiger partial charge in [-0.2, -0.15) is 0 Å². The predicted octanol–water partition coefficient (Wildman–Crippen LogP) is 1.75. The van der Waals surface area contributed by atoms with Crippen molar-refractivity contribution in [3.8, 4) is 0 Å². The van der Waals surface area contributed by atoms with Crippen LogP contribution in [0, 0.1) is 0 Å². The molecule has 1 saturated carbocycles. The zero-order chi connectivity index (χ0) is 14.8. The van der Waals surface area contributed by atoms with Crippen LogP contribution in [0.4, 0.5) is 0 Å². The summed E-state index contributed by atoms with van der Waals surface area (Å²) in [5.41, 5.74) is 0.343. The first kappa shape index (κ1) is 14.6. The smallest absolute Gasteiger partial charge is 0.239 e. The minimum Gasteiger partial charge on any atom is -0.350 e. The van der Waals surface area contributed by atoms with Crippen LogP contribution in [0.25, 0.3) is 0 Å². The monoisotopic (exact) mass is 274 g/mol. The lowest BCUT2D eigenvalue weighted by molar-refractivity contribution is -0.128. The van der Waals surface area contributed by atoms with Gasteiger partial charge in [-0.1, -0.05) is 30.3 Å². The molecule has 1 aromatic carbocycles. The van der Waals surface area contributed by atoms with Crippen LogP contribution in [0.1, 0.15) is 39.2 Å². The molecule has 0 unspecified atom stereocenters. The average molecular weight is 274 g/mol. The number of hydrogen-bond donors (Lipinski definition) is 2. The summed E-state index contributed by atoms with van der Waals surface area (Å²) in [7, 11) is 0. The molecule has 2 N–H and O–H groups in total. The fourth-order valence-corrected chi connectivity index (χ4v) is 2.32. The van der Waals surface area contributed by atoms with Gasteiger partial charge in [0.1, 0.15) is 0 Å². The van der Waals surface area contributed by atoms with Gasteiger partial charge in [0.25, 0.3) is 0 Å². The summed E-state index contributed by atoms with van der Waals surface area (Å²) in [5.74, 6) is -0.206. The highest BCUT2D eigenvalue weighted by atomic mass is 16.2. The molecule has 0 bridgehead atoms. The van der Waals surface area contributed by atoms with Gasteiger partial charge in [0.2, 0.25) is 11.8 Å². The largest absolute Gasteiger partial charge is 0.350 e. The molecule has 0 radical (unpaired) electrons. The number of rotatable bonds is 4. The third kappa shape index (κ3) is 3.38. The Morgan fingerprint density at radius 2 is 1.75 bits per heavy atom.